The summed E-state index contributed by atoms with van der Waals surface area (Å²) in [7, 11) is 0. The van der Waals surface area contributed by atoms with Crippen molar-refractivity contribution in [1.82, 2.24) is 0 Å². The van der Waals surface area contributed by atoms with E-state index in [9.17, 15) is 15.0 Å². The predicted octanol–water partition coefficient (Wildman–Crippen LogP) is 3.60. The van der Waals surface area contributed by atoms with E-state index >= 15 is 0 Å². The molecule has 0 aromatic heterocycles. The van der Waals surface area contributed by atoms with E-state index in [-0.39, 0.29) is 28.6 Å². The molecule has 0 aromatic rings. The van der Waals surface area contributed by atoms with Gasteiger partial charge in [-0.3, -0.25) is 0 Å². The minimum Gasteiger partial charge on any atom is -0.458 e. The lowest BCUT2D eigenvalue weighted by Crippen LogP contribution is -2.65. The van der Waals surface area contributed by atoms with Crippen LogP contribution in [-0.2, 0) is 9.53 Å². The van der Waals surface area contributed by atoms with Gasteiger partial charge in [-0.05, 0) is 73.7 Å². The number of aliphatic hydroxyl groups is 2. The van der Waals surface area contributed by atoms with E-state index in [1.165, 1.54) is 25.7 Å². The molecule has 2 N–H and O–H groups in total. The van der Waals surface area contributed by atoms with E-state index in [1.54, 1.807) is 6.08 Å². The van der Waals surface area contributed by atoms with Gasteiger partial charge in [-0.1, -0.05) is 26.7 Å². The highest BCUT2D eigenvalue weighted by atomic mass is 16.5. The summed E-state index contributed by atoms with van der Waals surface area (Å²) in [5.41, 5.74) is 0.220. The first kappa shape index (κ1) is 18.2. The van der Waals surface area contributed by atoms with Gasteiger partial charge in [-0.2, -0.15) is 0 Å². The number of hydrogen-bond acceptors (Lipinski definition) is 4. The van der Waals surface area contributed by atoms with Gasteiger partial charge >= 0.3 is 5.97 Å². The monoisotopic (exact) mass is 374 g/mol. The highest BCUT2D eigenvalue weighted by molar-refractivity contribution is 5.85. The van der Waals surface area contributed by atoms with Crippen molar-refractivity contribution in [2.75, 3.05) is 6.61 Å². The van der Waals surface area contributed by atoms with Crippen LogP contribution in [0.4, 0.5) is 0 Å². The third kappa shape index (κ3) is 2.26. The number of ether oxygens (including phenoxy) is 1. The summed E-state index contributed by atoms with van der Waals surface area (Å²) in [5.74, 6) is 0.946. The number of fused-ring (bicyclic) bond motifs is 5. The zero-order chi connectivity index (χ0) is 19.0. The molecule has 4 fully saturated rings. The lowest BCUT2D eigenvalue weighted by atomic mass is 9.42. The number of carbonyl (C=O) groups excluding carboxylic acids is 1. The van der Waals surface area contributed by atoms with Gasteiger partial charge in [0, 0.05) is 17.4 Å². The van der Waals surface area contributed by atoms with Crippen molar-refractivity contribution in [1.29, 1.82) is 0 Å². The lowest BCUT2D eigenvalue weighted by Gasteiger charge is -2.64. The Balaban J connectivity index is 1.52. The van der Waals surface area contributed by atoms with Crippen molar-refractivity contribution in [3.63, 3.8) is 0 Å². The van der Waals surface area contributed by atoms with Gasteiger partial charge < -0.3 is 14.9 Å². The van der Waals surface area contributed by atoms with Gasteiger partial charge in [0.2, 0.25) is 0 Å². The molecule has 1 heterocycles. The summed E-state index contributed by atoms with van der Waals surface area (Å²) < 4.78 is 5.19. The molecule has 0 spiro atoms. The van der Waals surface area contributed by atoms with E-state index < -0.39 is 11.7 Å². The van der Waals surface area contributed by atoms with Crippen LogP contribution in [0.25, 0.3) is 0 Å². The van der Waals surface area contributed by atoms with E-state index in [1.807, 2.05) is 0 Å². The summed E-state index contributed by atoms with van der Waals surface area (Å²) in [6.07, 6.45) is 10.9. The molecule has 0 radical (unpaired) electrons. The molecule has 0 aromatic carbocycles. The molecule has 27 heavy (non-hydrogen) atoms. The van der Waals surface area contributed by atoms with Crippen LogP contribution in [0.1, 0.15) is 71.6 Å². The van der Waals surface area contributed by atoms with Gasteiger partial charge in [0.05, 0.1) is 11.7 Å². The number of rotatable bonds is 1. The van der Waals surface area contributed by atoms with Crippen LogP contribution in [-0.4, -0.2) is 34.5 Å². The average molecular weight is 375 g/mol. The number of cyclic esters (lactones) is 1. The normalized spacial score (nSPS) is 54.6. The van der Waals surface area contributed by atoms with Gasteiger partial charge in [0.25, 0.3) is 0 Å². The maximum atomic E-state index is 12.1. The first-order valence-electron chi connectivity index (χ1n) is 11.1. The van der Waals surface area contributed by atoms with Crippen molar-refractivity contribution in [2.24, 2.45) is 34.5 Å². The van der Waals surface area contributed by atoms with Gasteiger partial charge in [-0.25, -0.2) is 4.79 Å². The number of esters is 1. The largest absolute Gasteiger partial charge is 0.458 e. The quantitative estimate of drug-likeness (QED) is 0.688. The Labute approximate surface area is 162 Å². The van der Waals surface area contributed by atoms with Crippen LogP contribution in [0.15, 0.2) is 11.6 Å². The van der Waals surface area contributed by atoms with E-state index in [0.717, 1.165) is 37.7 Å². The smallest absolute Gasteiger partial charge is 0.331 e. The van der Waals surface area contributed by atoms with Crippen molar-refractivity contribution in [3.05, 3.63) is 11.6 Å². The number of carbonyl (C=O) groups is 1. The standard InChI is InChI=1S/C23H34O4/c1-21-8-4-3-5-15(21)12-18(24)20-17(21)6-9-22(2)16(7-10-23(20,22)26)14-11-19(25)27-13-14/h11,15-18,20,24,26H,3-10,12-13H2,1-2H3/t15-,16-,17-,18-,20-,21-,22+,23-/m0/s1. The molecule has 5 aliphatic rings. The molecule has 4 nitrogen and oxygen atoms in total. The van der Waals surface area contributed by atoms with Crippen LogP contribution in [0, 0.1) is 34.5 Å². The number of hydrogen-bond donors (Lipinski definition) is 2. The van der Waals surface area contributed by atoms with Crippen LogP contribution < -0.4 is 0 Å². The van der Waals surface area contributed by atoms with Crippen molar-refractivity contribution in [3.8, 4) is 0 Å². The topological polar surface area (TPSA) is 66.8 Å². The molecule has 1 aliphatic heterocycles. The van der Waals surface area contributed by atoms with E-state index in [4.69, 9.17) is 4.74 Å². The molecule has 0 amide bonds. The summed E-state index contributed by atoms with van der Waals surface area (Å²) in [5, 5.41) is 23.3. The Morgan fingerprint density at radius 3 is 2.67 bits per heavy atom. The average Bonchev–Trinajstić information content (AvgIpc) is 3.16. The maximum absolute atomic E-state index is 12.1. The fourth-order valence-corrected chi connectivity index (χ4v) is 8.43. The van der Waals surface area contributed by atoms with Gasteiger partial charge in [-0.15, -0.1) is 0 Å². The minimum absolute atomic E-state index is 0.0285. The Hall–Kier alpha value is -0.870. The van der Waals surface area contributed by atoms with Crippen LogP contribution in [0.5, 0.6) is 0 Å². The highest BCUT2D eigenvalue weighted by Gasteiger charge is 2.69. The van der Waals surface area contributed by atoms with Gasteiger partial charge in [0.1, 0.15) is 6.61 Å². The van der Waals surface area contributed by atoms with Crippen LogP contribution >= 0.6 is 0 Å². The molecule has 4 aliphatic carbocycles. The Kier molecular flexibility index (Phi) is 3.92. The lowest BCUT2D eigenvalue weighted by molar-refractivity contribution is -0.237. The molecule has 150 valence electrons. The summed E-state index contributed by atoms with van der Waals surface area (Å²) >= 11 is 0. The molecule has 5 rings (SSSR count). The van der Waals surface area contributed by atoms with Crippen molar-refractivity contribution in [2.45, 2.75) is 83.3 Å². The zero-order valence-electron chi connectivity index (χ0n) is 16.7. The highest BCUT2D eigenvalue weighted by Crippen LogP contribution is 2.69. The van der Waals surface area contributed by atoms with Crippen molar-refractivity contribution >= 4 is 5.97 Å². The fraction of sp³-hybridized carbons (Fsp3) is 0.870. The molecular formula is C23H34O4. The van der Waals surface area contributed by atoms with Gasteiger partial charge in [0.15, 0.2) is 0 Å². The summed E-state index contributed by atoms with van der Waals surface area (Å²) in [6.45, 7) is 5.04. The zero-order valence-corrected chi connectivity index (χ0v) is 16.7. The second-order valence-corrected chi connectivity index (χ2v) is 10.7. The predicted molar refractivity (Wildman–Crippen MR) is 102 cm³/mol. The van der Waals surface area contributed by atoms with Crippen molar-refractivity contribution < 1.29 is 19.7 Å². The molecule has 0 bridgehead atoms. The molecular weight excluding hydrogens is 340 g/mol. The van der Waals surface area contributed by atoms with E-state index in [2.05, 4.69) is 13.8 Å². The summed E-state index contributed by atoms with van der Waals surface area (Å²) in [6, 6.07) is 0. The molecule has 0 saturated heterocycles. The molecule has 4 heteroatoms. The summed E-state index contributed by atoms with van der Waals surface area (Å²) in [4.78, 5) is 11.6. The maximum Gasteiger partial charge on any atom is 0.331 e. The fourth-order valence-electron chi connectivity index (χ4n) is 8.43. The Morgan fingerprint density at radius 2 is 1.93 bits per heavy atom. The SMILES string of the molecule is C[C@]12CCCC[C@H]1C[C@H](O)[C@@H]1[C@@H]2CC[C@]2(C)[C@H](C3=CC(=O)OC3)CC[C@]12O. The Morgan fingerprint density at radius 1 is 1.11 bits per heavy atom. The Bertz CT molecular complexity index is 686. The first-order valence-corrected chi connectivity index (χ1v) is 11.1. The molecule has 8 atom stereocenters. The molecule has 0 unspecified atom stereocenters. The third-order valence-corrected chi connectivity index (χ3v) is 9.90. The molecule has 4 saturated carbocycles. The number of aliphatic hydroxyl groups excluding tert-OH is 1. The first-order chi connectivity index (χ1) is 12.8. The second kappa shape index (κ2) is 5.82. The third-order valence-electron chi connectivity index (χ3n) is 9.90. The van der Waals surface area contributed by atoms with E-state index in [0.29, 0.717) is 18.4 Å². The van der Waals surface area contributed by atoms with Crippen LogP contribution in [0.2, 0.25) is 0 Å². The van der Waals surface area contributed by atoms with Crippen LogP contribution in [0.3, 0.4) is 0 Å². The second-order valence-electron chi connectivity index (χ2n) is 10.7. The minimum atomic E-state index is -0.835.